The fourth-order valence-electron chi connectivity index (χ4n) is 4.11. The zero-order valence-electron chi connectivity index (χ0n) is 15.9. The largest absolute Gasteiger partial charge is 0.389 e. The third-order valence-corrected chi connectivity index (χ3v) is 5.30. The van der Waals surface area contributed by atoms with Gasteiger partial charge in [-0.25, -0.2) is 0 Å². The Morgan fingerprint density at radius 3 is 2.00 bits per heavy atom. The number of aliphatic hydroxyl groups is 1. The van der Waals surface area contributed by atoms with Crippen LogP contribution in [-0.4, -0.2) is 28.1 Å². The van der Waals surface area contributed by atoms with Crippen LogP contribution in [0.25, 0.3) is 0 Å². The van der Waals surface area contributed by atoms with Gasteiger partial charge >= 0.3 is 0 Å². The molecule has 1 aliphatic carbocycles. The summed E-state index contributed by atoms with van der Waals surface area (Å²) in [6.07, 6.45) is -0.169. The zero-order valence-corrected chi connectivity index (χ0v) is 15.9. The Bertz CT molecular complexity index is 692. The number of hydrogen-bond donors (Lipinski definition) is 1. The Morgan fingerprint density at radius 1 is 1.08 bits per heavy atom. The highest BCUT2D eigenvalue weighted by molar-refractivity contribution is 6.05. The van der Waals surface area contributed by atoms with E-state index in [9.17, 15) is 19.5 Å². The molecule has 0 bridgehead atoms. The molecule has 0 saturated heterocycles. The first-order chi connectivity index (χ1) is 11.4. The summed E-state index contributed by atoms with van der Waals surface area (Å²) in [6, 6.07) is 7.70. The maximum absolute atomic E-state index is 12.5. The van der Waals surface area contributed by atoms with Gasteiger partial charge in [-0.15, -0.1) is 0 Å². The smallest absolute Gasteiger partial charge is 0.146 e. The van der Waals surface area contributed by atoms with E-state index >= 15 is 0 Å². The Kier molecular flexibility index (Phi) is 5.06. The van der Waals surface area contributed by atoms with E-state index in [0.717, 1.165) is 11.1 Å². The van der Waals surface area contributed by atoms with Crippen LogP contribution in [0.5, 0.6) is 0 Å². The normalized spacial score (nSPS) is 30.2. The van der Waals surface area contributed by atoms with Gasteiger partial charge in [0.15, 0.2) is 0 Å². The Morgan fingerprint density at radius 2 is 1.60 bits per heavy atom. The summed E-state index contributed by atoms with van der Waals surface area (Å²) < 4.78 is 0. The van der Waals surface area contributed by atoms with Crippen molar-refractivity contribution in [3.63, 3.8) is 0 Å². The highest BCUT2D eigenvalue weighted by Gasteiger charge is 2.53. The molecule has 25 heavy (non-hydrogen) atoms. The van der Waals surface area contributed by atoms with Crippen molar-refractivity contribution < 1.29 is 19.5 Å². The van der Waals surface area contributed by atoms with Gasteiger partial charge in [0, 0.05) is 12.3 Å². The van der Waals surface area contributed by atoms with Crippen LogP contribution in [-0.2, 0) is 19.8 Å². The standard InChI is InChI=1S/C21H28O4/c1-12(22)17-16(24)11-21(6,25)19(13(2)23)18(17)14-7-9-15(10-8-14)20(3,4)5/h7-10,17-19,25H,11H2,1-6H3/t17-,18+,19-,21+/m1/s1. The summed E-state index contributed by atoms with van der Waals surface area (Å²) in [6.45, 7) is 10.6. The predicted octanol–water partition coefficient (Wildman–Crippen LogP) is 3.20. The average Bonchev–Trinajstić information content (AvgIpc) is 2.43. The lowest BCUT2D eigenvalue weighted by molar-refractivity contribution is -0.151. The second-order valence-corrected chi connectivity index (χ2v) is 8.57. The van der Waals surface area contributed by atoms with Crippen molar-refractivity contribution in [2.75, 3.05) is 0 Å². The van der Waals surface area contributed by atoms with Crippen LogP contribution in [0.15, 0.2) is 24.3 Å². The second kappa shape index (κ2) is 6.49. The van der Waals surface area contributed by atoms with E-state index < -0.39 is 23.4 Å². The molecule has 1 aromatic carbocycles. The maximum Gasteiger partial charge on any atom is 0.146 e. The van der Waals surface area contributed by atoms with E-state index in [1.165, 1.54) is 20.8 Å². The fraction of sp³-hybridized carbons (Fsp3) is 0.571. The highest BCUT2D eigenvalue weighted by atomic mass is 16.3. The van der Waals surface area contributed by atoms with Crippen molar-refractivity contribution in [1.29, 1.82) is 0 Å². The fourth-order valence-corrected chi connectivity index (χ4v) is 4.11. The third kappa shape index (κ3) is 3.74. The van der Waals surface area contributed by atoms with Gasteiger partial charge in [-0.05, 0) is 37.3 Å². The van der Waals surface area contributed by atoms with Crippen molar-refractivity contribution in [3.05, 3.63) is 35.4 Å². The SMILES string of the molecule is CC(=O)[C@@H]1C(=O)C[C@](C)(O)[C@H](C(C)=O)[C@H]1c1ccc(C(C)(C)C)cc1. The van der Waals surface area contributed by atoms with Gasteiger partial charge in [-0.2, -0.15) is 0 Å². The van der Waals surface area contributed by atoms with E-state index in [-0.39, 0.29) is 29.2 Å². The van der Waals surface area contributed by atoms with Gasteiger partial charge in [0.2, 0.25) is 0 Å². The summed E-state index contributed by atoms with van der Waals surface area (Å²) in [7, 11) is 0. The van der Waals surface area contributed by atoms with Crippen LogP contribution < -0.4 is 0 Å². The number of ketones is 3. The van der Waals surface area contributed by atoms with Gasteiger partial charge in [-0.3, -0.25) is 14.4 Å². The monoisotopic (exact) mass is 344 g/mol. The zero-order chi connectivity index (χ0) is 19.2. The molecule has 4 nitrogen and oxygen atoms in total. The quantitative estimate of drug-likeness (QED) is 0.855. The third-order valence-electron chi connectivity index (χ3n) is 5.30. The van der Waals surface area contributed by atoms with E-state index in [0.29, 0.717) is 0 Å². The molecule has 0 unspecified atom stereocenters. The molecule has 0 amide bonds. The molecule has 0 heterocycles. The number of Topliss-reactive ketones (excluding diaryl/α,β-unsaturated/α-hetero) is 3. The maximum atomic E-state index is 12.5. The Balaban J connectivity index is 2.59. The van der Waals surface area contributed by atoms with Crippen molar-refractivity contribution in [2.45, 2.75) is 64.9 Å². The molecule has 1 aromatic rings. The molecule has 0 aromatic heterocycles. The first-order valence-electron chi connectivity index (χ1n) is 8.72. The molecule has 136 valence electrons. The minimum Gasteiger partial charge on any atom is -0.389 e. The minimum atomic E-state index is -1.44. The minimum absolute atomic E-state index is 0.0215. The summed E-state index contributed by atoms with van der Waals surface area (Å²) in [5.41, 5.74) is 0.417. The highest BCUT2D eigenvalue weighted by Crippen LogP contribution is 2.46. The molecule has 4 heteroatoms. The molecular formula is C21H28O4. The van der Waals surface area contributed by atoms with E-state index in [1.807, 2.05) is 24.3 Å². The van der Waals surface area contributed by atoms with Gasteiger partial charge in [0.25, 0.3) is 0 Å². The molecule has 0 radical (unpaired) electrons. The molecular weight excluding hydrogens is 316 g/mol. The van der Waals surface area contributed by atoms with Crippen molar-refractivity contribution >= 4 is 17.3 Å². The van der Waals surface area contributed by atoms with Gasteiger partial charge in [-0.1, -0.05) is 45.0 Å². The number of rotatable bonds is 3. The lowest BCUT2D eigenvalue weighted by atomic mass is 9.59. The topological polar surface area (TPSA) is 71.4 Å². The first-order valence-corrected chi connectivity index (χ1v) is 8.72. The number of carbonyl (C=O) groups is 3. The lowest BCUT2D eigenvalue weighted by Gasteiger charge is -2.44. The molecule has 1 N–H and O–H groups in total. The van der Waals surface area contributed by atoms with Crippen LogP contribution in [0, 0.1) is 11.8 Å². The van der Waals surface area contributed by atoms with Crippen molar-refractivity contribution in [1.82, 2.24) is 0 Å². The summed E-state index contributed by atoms with van der Waals surface area (Å²) in [5, 5.41) is 10.7. The number of carbonyl (C=O) groups excluding carboxylic acids is 3. The lowest BCUT2D eigenvalue weighted by Crippen LogP contribution is -2.53. The average molecular weight is 344 g/mol. The molecule has 1 saturated carbocycles. The van der Waals surface area contributed by atoms with Crippen LogP contribution in [0.2, 0.25) is 0 Å². The summed E-state index contributed by atoms with van der Waals surface area (Å²) in [5.74, 6) is -3.03. The van der Waals surface area contributed by atoms with Crippen molar-refractivity contribution in [3.8, 4) is 0 Å². The molecule has 1 aliphatic rings. The molecule has 0 spiro atoms. The predicted molar refractivity (Wildman–Crippen MR) is 96.5 cm³/mol. The summed E-state index contributed by atoms with van der Waals surface area (Å²) >= 11 is 0. The number of benzene rings is 1. The van der Waals surface area contributed by atoms with E-state index in [4.69, 9.17) is 0 Å². The molecule has 2 rings (SSSR count). The Hall–Kier alpha value is -1.81. The van der Waals surface area contributed by atoms with Crippen LogP contribution in [0.1, 0.15) is 65.0 Å². The van der Waals surface area contributed by atoms with Crippen LogP contribution in [0.4, 0.5) is 0 Å². The van der Waals surface area contributed by atoms with Crippen LogP contribution >= 0.6 is 0 Å². The molecule has 0 aliphatic heterocycles. The van der Waals surface area contributed by atoms with Crippen LogP contribution in [0.3, 0.4) is 0 Å². The van der Waals surface area contributed by atoms with Gasteiger partial charge < -0.3 is 5.11 Å². The van der Waals surface area contributed by atoms with Gasteiger partial charge in [0.05, 0.1) is 17.4 Å². The summed E-state index contributed by atoms with van der Waals surface area (Å²) in [4.78, 5) is 37.0. The van der Waals surface area contributed by atoms with E-state index in [1.54, 1.807) is 0 Å². The van der Waals surface area contributed by atoms with E-state index in [2.05, 4.69) is 20.8 Å². The molecule has 4 atom stereocenters. The molecule has 1 fully saturated rings. The van der Waals surface area contributed by atoms with Gasteiger partial charge in [0.1, 0.15) is 17.3 Å². The number of hydrogen-bond acceptors (Lipinski definition) is 4. The second-order valence-electron chi connectivity index (χ2n) is 8.57. The Labute approximate surface area is 149 Å². The first kappa shape index (κ1) is 19.5. The van der Waals surface area contributed by atoms with Crippen molar-refractivity contribution in [2.24, 2.45) is 11.8 Å².